The number of thioether (sulfide) groups is 1. The number of hydrogen-bond acceptors (Lipinski definition) is 5. The monoisotopic (exact) mass is 371 g/mol. The van der Waals surface area contributed by atoms with Crippen LogP contribution >= 0.6 is 11.8 Å². The number of hydrogen-bond donors (Lipinski definition) is 0. The van der Waals surface area contributed by atoms with E-state index >= 15 is 0 Å². The number of carbonyl (C=O) groups excluding carboxylic acids is 1. The average molecular weight is 372 g/mol. The van der Waals surface area contributed by atoms with Crippen LogP contribution in [0.5, 0.6) is 0 Å². The Labute approximate surface area is 158 Å². The van der Waals surface area contributed by atoms with Crippen LogP contribution in [0.1, 0.15) is 37.7 Å². The van der Waals surface area contributed by atoms with Gasteiger partial charge in [0.05, 0.1) is 11.4 Å². The van der Waals surface area contributed by atoms with Gasteiger partial charge in [-0.1, -0.05) is 48.7 Å². The predicted octanol–water partition coefficient (Wildman–Crippen LogP) is 3.10. The second-order valence-electron chi connectivity index (χ2n) is 7.43. The molecule has 1 aromatic heterocycles. The number of rotatable bonds is 4. The van der Waals surface area contributed by atoms with Crippen molar-refractivity contribution in [3.05, 3.63) is 29.8 Å². The first-order valence-corrected chi connectivity index (χ1v) is 10.5. The topological polar surface area (TPSA) is 63.9 Å². The van der Waals surface area contributed by atoms with Gasteiger partial charge < -0.3 is 4.90 Å². The predicted molar refractivity (Wildman–Crippen MR) is 101 cm³/mol. The minimum Gasteiger partial charge on any atom is -0.342 e. The van der Waals surface area contributed by atoms with Gasteiger partial charge in [0.15, 0.2) is 0 Å². The lowest BCUT2D eigenvalue weighted by atomic mass is 9.75. The van der Waals surface area contributed by atoms with Crippen molar-refractivity contribution >= 4 is 17.7 Å². The molecule has 6 nitrogen and oxygen atoms in total. The largest absolute Gasteiger partial charge is 0.342 e. The van der Waals surface area contributed by atoms with Gasteiger partial charge >= 0.3 is 0 Å². The Morgan fingerprint density at radius 1 is 1.15 bits per heavy atom. The van der Waals surface area contributed by atoms with E-state index in [2.05, 4.69) is 20.4 Å². The van der Waals surface area contributed by atoms with E-state index in [1.54, 1.807) is 4.68 Å². The highest BCUT2D eigenvalue weighted by molar-refractivity contribution is 7.99. The third-order valence-electron chi connectivity index (χ3n) is 5.69. The zero-order valence-electron chi connectivity index (χ0n) is 15.2. The molecule has 138 valence electrons. The third-order valence-corrected chi connectivity index (χ3v) is 6.59. The van der Waals surface area contributed by atoms with Gasteiger partial charge in [-0.3, -0.25) is 4.79 Å². The molecule has 1 saturated heterocycles. The van der Waals surface area contributed by atoms with E-state index in [9.17, 15) is 4.79 Å². The summed E-state index contributed by atoms with van der Waals surface area (Å²) in [5.41, 5.74) is 2.11. The second kappa shape index (κ2) is 7.78. The molecule has 4 rings (SSSR count). The molecule has 0 unspecified atom stereocenters. The van der Waals surface area contributed by atoms with Gasteiger partial charge in [0.25, 0.3) is 0 Å². The molecule has 0 radical (unpaired) electrons. The van der Waals surface area contributed by atoms with Crippen molar-refractivity contribution in [3.63, 3.8) is 0 Å². The summed E-state index contributed by atoms with van der Waals surface area (Å²) >= 11 is 1.42. The van der Waals surface area contributed by atoms with Crippen molar-refractivity contribution in [1.29, 1.82) is 0 Å². The molecular weight excluding hydrogens is 346 g/mol. The highest BCUT2D eigenvalue weighted by atomic mass is 32.2. The summed E-state index contributed by atoms with van der Waals surface area (Å²) < 4.78 is 1.70. The van der Waals surface area contributed by atoms with Crippen molar-refractivity contribution in [2.24, 2.45) is 11.8 Å². The molecule has 2 aromatic rings. The Morgan fingerprint density at radius 3 is 2.73 bits per heavy atom. The molecule has 2 aliphatic rings. The van der Waals surface area contributed by atoms with Crippen LogP contribution in [-0.2, 0) is 4.79 Å². The van der Waals surface area contributed by atoms with Crippen LogP contribution in [-0.4, -0.2) is 49.9 Å². The first-order chi connectivity index (χ1) is 12.7. The average Bonchev–Trinajstić information content (AvgIpc) is 3.15. The van der Waals surface area contributed by atoms with E-state index in [-0.39, 0.29) is 5.91 Å². The number of carbonyl (C=O) groups is 1. The zero-order valence-corrected chi connectivity index (χ0v) is 16.0. The van der Waals surface area contributed by atoms with Gasteiger partial charge in [-0.25, -0.2) is 0 Å². The maximum Gasteiger partial charge on any atom is 0.233 e. The summed E-state index contributed by atoms with van der Waals surface area (Å²) in [5.74, 6) is 2.15. The Kier molecular flexibility index (Phi) is 5.24. The minimum absolute atomic E-state index is 0.206. The Balaban J connectivity index is 1.36. The van der Waals surface area contributed by atoms with Crippen LogP contribution in [0.15, 0.2) is 29.4 Å². The summed E-state index contributed by atoms with van der Waals surface area (Å²) in [6.45, 7) is 3.89. The Morgan fingerprint density at radius 2 is 1.92 bits per heavy atom. The van der Waals surface area contributed by atoms with E-state index in [1.807, 2.05) is 31.2 Å². The van der Waals surface area contributed by atoms with Gasteiger partial charge in [0.1, 0.15) is 0 Å². The van der Waals surface area contributed by atoms with Crippen molar-refractivity contribution in [2.45, 2.75) is 44.2 Å². The molecule has 1 aliphatic carbocycles. The lowest BCUT2D eigenvalue weighted by molar-refractivity contribution is -0.131. The molecule has 1 saturated carbocycles. The molecule has 0 N–H and O–H groups in total. The summed E-state index contributed by atoms with van der Waals surface area (Å²) in [4.78, 5) is 14.7. The summed E-state index contributed by atoms with van der Waals surface area (Å²) in [6, 6.07) is 8.05. The summed E-state index contributed by atoms with van der Waals surface area (Å²) in [5, 5.41) is 12.6. The minimum atomic E-state index is 0.206. The van der Waals surface area contributed by atoms with E-state index in [4.69, 9.17) is 0 Å². The number of fused-ring (bicyclic) bond motifs is 1. The molecule has 0 bridgehead atoms. The van der Waals surface area contributed by atoms with Gasteiger partial charge in [0, 0.05) is 13.1 Å². The first-order valence-electron chi connectivity index (χ1n) is 9.47. The van der Waals surface area contributed by atoms with Crippen molar-refractivity contribution in [3.8, 4) is 5.69 Å². The highest BCUT2D eigenvalue weighted by Crippen LogP contribution is 2.36. The number of aromatic nitrogens is 4. The third kappa shape index (κ3) is 3.77. The van der Waals surface area contributed by atoms with Gasteiger partial charge in [-0.2, -0.15) is 4.68 Å². The lowest BCUT2D eigenvalue weighted by Crippen LogP contribution is -2.45. The molecule has 1 aliphatic heterocycles. The van der Waals surface area contributed by atoms with Crippen LogP contribution < -0.4 is 0 Å². The van der Waals surface area contributed by atoms with Gasteiger partial charge in [-0.05, 0) is 54.2 Å². The molecule has 7 heteroatoms. The molecule has 2 atom stereocenters. The zero-order chi connectivity index (χ0) is 17.9. The van der Waals surface area contributed by atoms with Crippen LogP contribution in [0.3, 0.4) is 0 Å². The van der Waals surface area contributed by atoms with Gasteiger partial charge in [0.2, 0.25) is 11.1 Å². The van der Waals surface area contributed by atoms with E-state index in [0.29, 0.717) is 16.8 Å². The molecule has 2 fully saturated rings. The Hall–Kier alpha value is -1.89. The highest BCUT2D eigenvalue weighted by Gasteiger charge is 2.32. The quantitative estimate of drug-likeness (QED) is 0.773. The smallest absolute Gasteiger partial charge is 0.233 e. The number of amides is 1. The van der Waals surface area contributed by atoms with Crippen LogP contribution in [0.25, 0.3) is 5.69 Å². The molecule has 26 heavy (non-hydrogen) atoms. The van der Waals surface area contributed by atoms with E-state index in [0.717, 1.165) is 24.7 Å². The van der Waals surface area contributed by atoms with Crippen LogP contribution in [0, 0.1) is 18.8 Å². The maximum atomic E-state index is 12.7. The second-order valence-corrected chi connectivity index (χ2v) is 8.37. The van der Waals surface area contributed by atoms with Crippen molar-refractivity contribution in [2.75, 3.05) is 18.8 Å². The van der Waals surface area contributed by atoms with Gasteiger partial charge in [-0.15, -0.1) is 5.10 Å². The fourth-order valence-electron chi connectivity index (χ4n) is 4.16. The molecule has 1 amide bonds. The summed E-state index contributed by atoms with van der Waals surface area (Å²) in [6.07, 6.45) is 6.50. The molecule has 2 heterocycles. The number of likely N-dealkylation sites (tertiary alicyclic amines) is 1. The first kappa shape index (κ1) is 17.5. The van der Waals surface area contributed by atoms with E-state index < -0.39 is 0 Å². The van der Waals surface area contributed by atoms with E-state index in [1.165, 1.54) is 49.4 Å². The number of aryl methyl sites for hydroxylation is 1. The fraction of sp³-hybridized carbons (Fsp3) is 0.579. The van der Waals surface area contributed by atoms with Crippen LogP contribution in [0.4, 0.5) is 0 Å². The molecule has 1 aromatic carbocycles. The number of nitrogens with zero attached hydrogens (tertiary/aromatic N) is 5. The fourth-order valence-corrected chi connectivity index (χ4v) is 4.96. The van der Waals surface area contributed by atoms with Crippen molar-refractivity contribution in [1.82, 2.24) is 25.1 Å². The standard InChI is InChI=1S/C19H25N5OS/c1-14-6-8-17(9-7-14)24-19(20-21-22-24)26-13-18(25)23-11-10-15-4-2-3-5-16(15)12-23/h6-9,15-16H,2-5,10-13H2,1H3/t15-,16+/m1/s1. The van der Waals surface area contributed by atoms with Crippen molar-refractivity contribution < 1.29 is 4.79 Å². The number of piperidine rings is 1. The normalized spacial score (nSPS) is 22.9. The Bertz CT molecular complexity index is 760. The number of benzene rings is 1. The number of tetrazole rings is 1. The molecule has 0 spiro atoms. The summed E-state index contributed by atoms with van der Waals surface area (Å²) in [7, 11) is 0. The lowest BCUT2D eigenvalue weighted by Gasteiger charge is -2.41. The molecular formula is C19H25N5OS. The SMILES string of the molecule is Cc1ccc(-n2nnnc2SCC(=O)N2CC[C@H]3CCCC[C@H]3C2)cc1. The van der Waals surface area contributed by atoms with Crippen LogP contribution in [0.2, 0.25) is 0 Å². The maximum absolute atomic E-state index is 12.7.